The highest BCUT2D eigenvalue weighted by Gasteiger charge is 2.01. The van der Waals surface area contributed by atoms with Gasteiger partial charge in [-0.1, -0.05) is 22.9 Å². The summed E-state index contributed by atoms with van der Waals surface area (Å²) in [5.41, 5.74) is 1.43. The van der Waals surface area contributed by atoms with Crippen molar-refractivity contribution in [1.82, 2.24) is 4.90 Å². The van der Waals surface area contributed by atoms with Crippen LogP contribution >= 0.6 is 27.3 Å². The van der Waals surface area contributed by atoms with Gasteiger partial charge in [0.25, 0.3) is 0 Å². The number of rotatable bonds is 5. The van der Waals surface area contributed by atoms with E-state index in [4.69, 9.17) is 0 Å². The SMILES string of the molecule is CCN(CCBr)Cc1ccsc1. The lowest BCUT2D eigenvalue weighted by Gasteiger charge is -2.17. The fourth-order valence-corrected chi connectivity index (χ4v) is 2.27. The molecule has 0 amide bonds. The Morgan fingerprint density at radius 1 is 1.58 bits per heavy atom. The number of thiophene rings is 1. The van der Waals surface area contributed by atoms with Crippen LogP contribution in [-0.4, -0.2) is 23.3 Å². The van der Waals surface area contributed by atoms with Crippen molar-refractivity contribution in [3.05, 3.63) is 22.4 Å². The van der Waals surface area contributed by atoms with Gasteiger partial charge >= 0.3 is 0 Å². The summed E-state index contributed by atoms with van der Waals surface area (Å²) in [7, 11) is 0. The number of alkyl halides is 1. The molecule has 68 valence electrons. The summed E-state index contributed by atoms with van der Waals surface area (Å²) in [6.07, 6.45) is 0. The van der Waals surface area contributed by atoms with Gasteiger partial charge in [-0.3, -0.25) is 4.90 Å². The van der Waals surface area contributed by atoms with Crippen LogP contribution in [0.2, 0.25) is 0 Å². The third-order valence-electron chi connectivity index (χ3n) is 1.83. The van der Waals surface area contributed by atoms with Crippen molar-refractivity contribution in [3.63, 3.8) is 0 Å². The van der Waals surface area contributed by atoms with E-state index >= 15 is 0 Å². The Labute approximate surface area is 86.5 Å². The molecule has 12 heavy (non-hydrogen) atoms. The highest BCUT2D eigenvalue weighted by Crippen LogP contribution is 2.09. The molecule has 1 aromatic heterocycles. The van der Waals surface area contributed by atoms with Gasteiger partial charge in [-0.2, -0.15) is 11.3 Å². The van der Waals surface area contributed by atoms with E-state index in [9.17, 15) is 0 Å². The van der Waals surface area contributed by atoms with Crippen LogP contribution in [0.4, 0.5) is 0 Å². The molecule has 0 fully saturated rings. The molecule has 1 nitrogen and oxygen atoms in total. The van der Waals surface area contributed by atoms with E-state index in [0.29, 0.717) is 0 Å². The maximum atomic E-state index is 3.46. The summed E-state index contributed by atoms with van der Waals surface area (Å²) in [6, 6.07) is 2.20. The van der Waals surface area contributed by atoms with Crippen molar-refractivity contribution < 1.29 is 0 Å². The quantitative estimate of drug-likeness (QED) is 0.724. The summed E-state index contributed by atoms with van der Waals surface area (Å²) in [6.45, 7) is 5.55. The zero-order chi connectivity index (χ0) is 8.81. The first kappa shape index (κ1) is 10.2. The van der Waals surface area contributed by atoms with Crippen molar-refractivity contribution in [3.8, 4) is 0 Å². The number of halogens is 1. The van der Waals surface area contributed by atoms with E-state index in [1.165, 1.54) is 5.56 Å². The normalized spacial score (nSPS) is 10.9. The van der Waals surface area contributed by atoms with E-state index in [0.717, 1.165) is 25.0 Å². The molecule has 1 heterocycles. The minimum absolute atomic E-state index is 1.06. The van der Waals surface area contributed by atoms with Crippen LogP contribution in [0, 0.1) is 0 Å². The Balaban J connectivity index is 2.37. The van der Waals surface area contributed by atoms with Crippen LogP contribution in [0.15, 0.2) is 16.8 Å². The number of hydrogen-bond acceptors (Lipinski definition) is 2. The molecular formula is C9H14BrNS. The van der Waals surface area contributed by atoms with Crippen LogP contribution in [0.5, 0.6) is 0 Å². The molecule has 0 aliphatic carbocycles. The first-order valence-electron chi connectivity index (χ1n) is 4.16. The molecule has 0 N–H and O–H groups in total. The Morgan fingerprint density at radius 3 is 2.92 bits per heavy atom. The highest BCUT2D eigenvalue weighted by atomic mass is 79.9. The van der Waals surface area contributed by atoms with Crippen molar-refractivity contribution in [2.24, 2.45) is 0 Å². The van der Waals surface area contributed by atoms with E-state index < -0.39 is 0 Å². The van der Waals surface area contributed by atoms with E-state index in [1.807, 2.05) is 0 Å². The average Bonchev–Trinajstić information content (AvgIpc) is 2.56. The minimum Gasteiger partial charge on any atom is -0.298 e. The van der Waals surface area contributed by atoms with Gasteiger partial charge < -0.3 is 0 Å². The molecule has 1 rings (SSSR count). The Morgan fingerprint density at radius 2 is 2.42 bits per heavy atom. The molecule has 0 atom stereocenters. The Bertz CT molecular complexity index is 198. The molecule has 0 spiro atoms. The predicted molar refractivity (Wildman–Crippen MR) is 59.1 cm³/mol. The molecular weight excluding hydrogens is 234 g/mol. The van der Waals surface area contributed by atoms with E-state index in [1.54, 1.807) is 11.3 Å². The third-order valence-corrected chi connectivity index (χ3v) is 2.92. The number of hydrogen-bond donors (Lipinski definition) is 0. The van der Waals surface area contributed by atoms with Crippen LogP contribution in [0.25, 0.3) is 0 Å². The lowest BCUT2D eigenvalue weighted by molar-refractivity contribution is 0.299. The predicted octanol–water partition coefficient (Wildman–Crippen LogP) is 2.96. The van der Waals surface area contributed by atoms with E-state index in [2.05, 4.69) is 44.6 Å². The molecule has 0 radical (unpaired) electrons. The Kier molecular flexibility index (Phi) is 4.88. The first-order valence-corrected chi connectivity index (χ1v) is 6.22. The average molecular weight is 248 g/mol. The smallest absolute Gasteiger partial charge is 0.0242 e. The molecule has 0 aliphatic rings. The fourth-order valence-electron chi connectivity index (χ4n) is 1.11. The van der Waals surface area contributed by atoms with Crippen molar-refractivity contribution in [2.75, 3.05) is 18.4 Å². The summed E-state index contributed by atoms with van der Waals surface area (Å²) in [5.74, 6) is 0. The van der Waals surface area contributed by atoms with Gasteiger partial charge in [-0.25, -0.2) is 0 Å². The summed E-state index contributed by atoms with van der Waals surface area (Å²) < 4.78 is 0. The molecule has 0 saturated heterocycles. The van der Waals surface area contributed by atoms with Crippen LogP contribution in [0.3, 0.4) is 0 Å². The highest BCUT2D eigenvalue weighted by molar-refractivity contribution is 9.09. The van der Waals surface area contributed by atoms with Gasteiger partial charge in [0.15, 0.2) is 0 Å². The minimum atomic E-state index is 1.06. The van der Waals surface area contributed by atoms with Gasteiger partial charge in [-0.05, 0) is 28.9 Å². The van der Waals surface area contributed by atoms with Crippen LogP contribution in [0.1, 0.15) is 12.5 Å². The zero-order valence-corrected chi connectivity index (χ0v) is 9.70. The molecule has 0 unspecified atom stereocenters. The lowest BCUT2D eigenvalue weighted by atomic mass is 10.3. The Hall–Kier alpha value is 0.140. The van der Waals surface area contributed by atoms with Gasteiger partial charge in [0.2, 0.25) is 0 Å². The van der Waals surface area contributed by atoms with Crippen LogP contribution < -0.4 is 0 Å². The van der Waals surface area contributed by atoms with Gasteiger partial charge in [0.05, 0.1) is 0 Å². The molecule has 0 saturated carbocycles. The maximum absolute atomic E-state index is 3.46. The maximum Gasteiger partial charge on any atom is 0.0242 e. The molecule has 0 aromatic carbocycles. The molecule has 0 bridgehead atoms. The largest absolute Gasteiger partial charge is 0.298 e. The van der Waals surface area contributed by atoms with Gasteiger partial charge in [0.1, 0.15) is 0 Å². The van der Waals surface area contributed by atoms with Gasteiger partial charge in [0, 0.05) is 18.4 Å². The monoisotopic (exact) mass is 247 g/mol. The molecule has 3 heteroatoms. The topological polar surface area (TPSA) is 3.24 Å². The standard InChI is InChI=1S/C9H14BrNS/c1-2-11(5-4-10)7-9-3-6-12-8-9/h3,6,8H,2,4-5,7H2,1H3. The second-order valence-electron chi connectivity index (χ2n) is 2.69. The second-order valence-corrected chi connectivity index (χ2v) is 4.26. The summed E-state index contributed by atoms with van der Waals surface area (Å²) in [5, 5.41) is 5.42. The molecule has 1 aromatic rings. The first-order chi connectivity index (χ1) is 5.86. The summed E-state index contributed by atoms with van der Waals surface area (Å²) in [4.78, 5) is 2.43. The fraction of sp³-hybridized carbons (Fsp3) is 0.556. The third kappa shape index (κ3) is 3.25. The molecule has 0 aliphatic heterocycles. The van der Waals surface area contributed by atoms with Crippen molar-refractivity contribution >= 4 is 27.3 Å². The number of nitrogens with zero attached hydrogens (tertiary/aromatic N) is 1. The summed E-state index contributed by atoms with van der Waals surface area (Å²) >= 11 is 5.23. The van der Waals surface area contributed by atoms with E-state index in [-0.39, 0.29) is 0 Å². The van der Waals surface area contributed by atoms with Crippen molar-refractivity contribution in [1.29, 1.82) is 0 Å². The second kappa shape index (κ2) is 5.73. The van der Waals surface area contributed by atoms with Gasteiger partial charge in [-0.15, -0.1) is 0 Å². The van der Waals surface area contributed by atoms with Crippen molar-refractivity contribution in [2.45, 2.75) is 13.5 Å². The van der Waals surface area contributed by atoms with Crippen LogP contribution in [-0.2, 0) is 6.54 Å². The lowest BCUT2D eigenvalue weighted by Crippen LogP contribution is -2.24. The zero-order valence-electron chi connectivity index (χ0n) is 7.29.